The van der Waals surface area contributed by atoms with Crippen LogP contribution in [0.25, 0.3) is 22.3 Å². The van der Waals surface area contributed by atoms with Gasteiger partial charge in [-0.05, 0) is 76.3 Å². The monoisotopic (exact) mass is 772 g/mol. The van der Waals surface area contributed by atoms with E-state index in [0.29, 0.717) is 52.7 Å². The Bertz CT molecular complexity index is 1980. The number of benzene rings is 1. The number of pyridine rings is 1. The van der Waals surface area contributed by atoms with Gasteiger partial charge in [-0.15, -0.1) is 11.3 Å². The van der Waals surface area contributed by atoms with E-state index >= 15 is 0 Å². The number of carboxylic acid groups (broad SMARTS) is 1. The standard InChI is InChI=1S/C40H48N6O8S/c1-52-26-15-16-28-30(17-26)42-31(32-22-55-38(43-32)41-24-13-14-24)19-34(28)53-27-18-33-35(47)45-40(37(49)50)20-23(40)9-5-3-2-4-6-12-29(36(48)46(33)21-27)44-39(51)54-25-10-7-8-11-25/h5,9,15-17,19,22-25,27,29,33H,2-4,6-8,10-14,18,20-21H2,1H3,(H,41,43)(H,44,51)(H,45,47)(H,49,50)/b9-5-/t23?,27-,29+,33+,40-/m1/s1. The van der Waals surface area contributed by atoms with Crippen molar-refractivity contribution < 1.29 is 38.5 Å². The number of thiazole rings is 1. The Labute approximate surface area is 323 Å². The summed E-state index contributed by atoms with van der Waals surface area (Å²) in [4.78, 5) is 65.6. The number of nitrogens with zero attached hydrogens (tertiary/aromatic N) is 3. The van der Waals surface area contributed by atoms with Crippen molar-refractivity contribution in [1.82, 2.24) is 25.5 Å². The van der Waals surface area contributed by atoms with Crippen LogP contribution in [0, 0.1) is 5.92 Å². The summed E-state index contributed by atoms with van der Waals surface area (Å²) in [5.74, 6) is -1.33. The summed E-state index contributed by atoms with van der Waals surface area (Å²) in [5, 5.41) is 22.8. The van der Waals surface area contributed by atoms with E-state index in [4.69, 9.17) is 24.2 Å². The van der Waals surface area contributed by atoms with Crippen molar-refractivity contribution in [3.05, 3.63) is 41.8 Å². The Balaban J connectivity index is 1.10. The first-order chi connectivity index (χ1) is 26.7. The molecule has 14 nitrogen and oxygen atoms in total. The Kier molecular flexibility index (Phi) is 10.6. The maximum atomic E-state index is 14.5. The van der Waals surface area contributed by atoms with Crippen LogP contribution in [0.2, 0.25) is 0 Å². The molecule has 5 aliphatic rings. The first-order valence-electron chi connectivity index (χ1n) is 19.6. The van der Waals surface area contributed by atoms with Crippen molar-refractivity contribution in [2.24, 2.45) is 5.92 Å². The summed E-state index contributed by atoms with van der Waals surface area (Å²) in [6.45, 7) is 0.0393. The average Bonchev–Trinajstić information content (AvgIpc) is 3.87. The van der Waals surface area contributed by atoms with E-state index in [2.05, 4.69) is 16.0 Å². The predicted molar refractivity (Wildman–Crippen MR) is 205 cm³/mol. The fourth-order valence-corrected chi connectivity index (χ4v) is 8.83. The molecule has 3 aromatic rings. The summed E-state index contributed by atoms with van der Waals surface area (Å²) in [5.41, 5.74) is 0.459. The Morgan fingerprint density at radius 3 is 2.60 bits per heavy atom. The first kappa shape index (κ1) is 37.0. The van der Waals surface area contributed by atoms with Gasteiger partial charge in [-0.2, -0.15) is 0 Å². The van der Waals surface area contributed by atoms with E-state index in [1.807, 2.05) is 41.8 Å². The largest absolute Gasteiger partial charge is 0.497 e. The molecule has 1 aromatic carbocycles. The van der Waals surface area contributed by atoms with E-state index in [1.165, 1.54) is 16.2 Å². The number of aromatic nitrogens is 2. The van der Waals surface area contributed by atoms with Crippen LogP contribution in [0.3, 0.4) is 0 Å². The van der Waals surface area contributed by atoms with Crippen LogP contribution in [-0.2, 0) is 19.1 Å². The molecule has 1 unspecified atom stereocenters. The molecule has 5 atom stereocenters. The normalized spacial score (nSPS) is 27.9. The number of fused-ring (bicyclic) bond motifs is 3. The predicted octanol–water partition coefficient (Wildman–Crippen LogP) is 5.81. The molecule has 292 valence electrons. The van der Waals surface area contributed by atoms with Gasteiger partial charge in [0.05, 0.1) is 24.9 Å². The molecule has 8 rings (SSSR count). The van der Waals surface area contributed by atoms with Crippen LogP contribution >= 0.6 is 11.3 Å². The number of hydrogen-bond donors (Lipinski definition) is 4. The minimum absolute atomic E-state index is 0.0393. The van der Waals surface area contributed by atoms with Crippen molar-refractivity contribution >= 4 is 51.2 Å². The molecule has 0 bridgehead atoms. The van der Waals surface area contributed by atoms with Crippen molar-refractivity contribution in [2.45, 2.75) is 119 Å². The zero-order valence-corrected chi connectivity index (χ0v) is 31.8. The maximum absolute atomic E-state index is 14.5. The molecule has 3 aliphatic carbocycles. The van der Waals surface area contributed by atoms with Crippen molar-refractivity contribution in [3.63, 3.8) is 0 Å². The van der Waals surface area contributed by atoms with Gasteiger partial charge < -0.3 is 40.2 Å². The molecule has 4 heterocycles. The molecular weight excluding hydrogens is 725 g/mol. The molecule has 2 aliphatic heterocycles. The number of amides is 3. The summed E-state index contributed by atoms with van der Waals surface area (Å²) in [6, 6.07) is 5.80. The van der Waals surface area contributed by atoms with Crippen LogP contribution in [0.5, 0.6) is 11.5 Å². The lowest BCUT2D eigenvalue weighted by Crippen LogP contribution is -2.56. The van der Waals surface area contributed by atoms with Crippen LogP contribution in [-0.4, -0.2) is 93.4 Å². The second-order valence-corrected chi connectivity index (χ2v) is 16.3. The number of alkyl carbamates (subject to hydrolysis) is 1. The van der Waals surface area contributed by atoms with Gasteiger partial charge in [0.2, 0.25) is 11.8 Å². The molecule has 55 heavy (non-hydrogen) atoms. The smallest absolute Gasteiger partial charge is 0.408 e. The molecule has 3 amide bonds. The number of nitrogens with one attached hydrogen (secondary N) is 3. The fraction of sp³-hybridized carbons (Fsp3) is 0.550. The molecule has 1 saturated heterocycles. The van der Waals surface area contributed by atoms with E-state index in [-0.39, 0.29) is 31.4 Å². The number of anilines is 1. The molecule has 0 spiro atoms. The number of carboxylic acids is 1. The number of rotatable bonds is 9. The fourth-order valence-electron chi connectivity index (χ4n) is 8.05. The molecule has 0 radical (unpaired) electrons. The molecule has 2 aromatic heterocycles. The minimum Gasteiger partial charge on any atom is -0.497 e. The Hall–Kier alpha value is -4.92. The molecule has 4 N–H and O–H groups in total. The van der Waals surface area contributed by atoms with Gasteiger partial charge in [-0.25, -0.2) is 19.6 Å². The number of allylic oxidation sites excluding steroid dienone is 1. The number of methoxy groups -OCH3 is 1. The van der Waals surface area contributed by atoms with Crippen molar-refractivity contribution in [1.29, 1.82) is 0 Å². The number of aliphatic carboxylic acids is 1. The van der Waals surface area contributed by atoms with E-state index in [1.54, 1.807) is 7.11 Å². The zero-order valence-electron chi connectivity index (χ0n) is 31.0. The van der Waals surface area contributed by atoms with Crippen LogP contribution < -0.4 is 25.4 Å². The van der Waals surface area contributed by atoms with Gasteiger partial charge in [-0.1, -0.05) is 25.0 Å². The van der Waals surface area contributed by atoms with Gasteiger partial charge in [-0.3, -0.25) is 9.59 Å². The molecule has 3 saturated carbocycles. The third-order valence-electron chi connectivity index (χ3n) is 11.4. The van der Waals surface area contributed by atoms with E-state index in [9.17, 15) is 24.3 Å². The highest BCUT2D eigenvalue weighted by molar-refractivity contribution is 7.14. The lowest BCUT2D eigenvalue weighted by atomic mass is 10.0. The number of carbonyl (C=O) groups is 4. The van der Waals surface area contributed by atoms with Crippen molar-refractivity contribution in [3.8, 4) is 22.9 Å². The summed E-state index contributed by atoms with van der Waals surface area (Å²) >= 11 is 1.51. The first-order valence-corrected chi connectivity index (χ1v) is 20.4. The topological polar surface area (TPSA) is 181 Å². The number of carbonyl (C=O) groups excluding carboxylic acids is 3. The van der Waals surface area contributed by atoms with Crippen molar-refractivity contribution in [2.75, 3.05) is 19.0 Å². The van der Waals surface area contributed by atoms with Gasteiger partial charge >= 0.3 is 12.1 Å². The SMILES string of the molecule is COc1ccc2c(O[C@@H]3C[C@H]4C(=O)N[C@]5(C(=O)O)CC5/C=C\CCCCC[C@H](NC(=O)OC5CCCC5)C(=O)N4C3)cc(-c3csc(NC4CC4)n3)nc2c1. The molecule has 15 heteroatoms. The van der Waals surface area contributed by atoms with Crippen LogP contribution in [0.1, 0.15) is 83.5 Å². The molecule has 4 fully saturated rings. The Morgan fingerprint density at radius 1 is 1.00 bits per heavy atom. The van der Waals surface area contributed by atoms with Gasteiger partial charge in [0.25, 0.3) is 0 Å². The maximum Gasteiger partial charge on any atom is 0.408 e. The summed E-state index contributed by atoms with van der Waals surface area (Å²) < 4.78 is 17.9. The van der Waals surface area contributed by atoms with Gasteiger partial charge in [0.1, 0.15) is 47.0 Å². The second-order valence-electron chi connectivity index (χ2n) is 15.5. The average molecular weight is 773 g/mol. The minimum atomic E-state index is -1.44. The van der Waals surface area contributed by atoms with Gasteiger partial charge in [0.15, 0.2) is 5.13 Å². The van der Waals surface area contributed by atoms with E-state index in [0.717, 1.165) is 62.9 Å². The van der Waals surface area contributed by atoms with Crippen LogP contribution in [0.15, 0.2) is 41.8 Å². The highest BCUT2D eigenvalue weighted by atomic mass is 32.1. The lowest BCUT2D eigenvalue weighted by Gasteiger charge is -2.29. The third kappa shape index (κ3) is 8.21. The Morgan fingerprint density at radius 2 is 1.82 bits per heavy atom. The zero-order chi connectivity index (χ0) is 38.1. The second kappa shape index (κ2) is 15.7. The van der Waals surface area contributed by atoms with Gasteiger partial charge in [0, 0.05) is 41.3 Å². The summed E-state index contributed by atoms with van der Waals surface area (Å²) in [7, 11) is 1.59. The number of ether oxygens (including phenoxy) is 3. The van der Waals surface area contributed by atoms with E-state index < -0.39 is 47.6 Å². The number of hydrogen-bond acceptors (Lipinski definition) is 11. The quantitative estimate of drug-likeness (QED) is 0.193. The summed E-state index contributed by atoms with van der Waals surface area (Å²) in [6.07, 6.45) is 12.0. The highest BCUT2D eigenvalue weighted by Crippen LogP contribution is 2.45. The molecular formula is C40H48N6O8S. The lowest BCUT2D eigenvalue weighted by molar-refractivity contribution is -0.145. The highest BCUT2D eigenvalue weighted by Gasteiger charge is 2.61. The third-order valence-corrected chi connectivity index (χ3v) is 12.2. The van der Waals surface area contributed by atoms with Crippen LogP contribution in [0.4, 0.5) is 9.93 Å².